The SMILES string of the molecule is NNC(=O)c1cc[n+](P(=O)(Oc2ccccc2)Oc2ccccc2)cc1.[Cl-]. The number of hydrogen-bond donors (Lipinski definition) is 2. The summed E-state index contributed by atoms with van der Waals surface area (Å²) in [5.41, 5.74) is 2.35. The number of nitrogens with zero attached hydrogens (tertiary/aromatic N) is 1. The predicted octanol–water partition coefficient (Wildman–Crippen LogP) is -0.304. The van der Waals surface area contributed by atoms with E-state index in [0.29, 0.717) is 17.1 Å². The zero-order valence-electron chi connectivity index (χ0n) is 14.1. The third-order valence-electron chi connectivity index (χ3n) is 3.42. The van der Waals surface area contributed by atoms with Crippen LogP contribution in [0.5, 0.6) is 11.5 Å². The Bertz CT molecular complexity index is 879. The monoisotopic (exact) mass is 405 g/mol. The topological polar surface area (TPSA) is 94.5 Å². The summed E-state index contributed by atoms with van der Waals surface area (Å²) in [5, 5.41) is 0. The third kappa shape index (κ3) is 5.08. The molecule has 0 atom stereocenters. The number of nitrogens with two attached hydrogens (primary N) is 1. The molecule has 0 bridgehead atoms. The molecule has 0 saturated carbocycles. The van der Waals surface area contributed by atoms with Crippen molar-refractivity contribution in [2.75, 3.05) is 0 Å². The van der Waals surface area contributed by atoms with Crippen molar-refractivity contribution in [1.82, 2.24) is 5.43 Å². The second kappa shape index (κ2) is 9.19. The lowest BCUT2D eigenvalue weighted by Gasteiger charge is -2.14. The van der Waals surface area contributed by atoms with Crippen LogP contribution < -0.4 is 37.1 Å². The van der Waals surface area contributed by atoms with E-state index in [9.17, 15) is 9.36 Å². The minimum atomic E-state index is -3.82. The molecular formula is C18H17ClN3O4P. The highest BCUT2D eigenvalue weighted by atomic mass is 35.5. The third-order valence-corrected chi connectivity index (χ3v) is 5.13. The number of para-hydroxylation sites is 2. The lowest BCUT2D eigenvalue weighted by atomic mass is 10.3. The molecule has 0 spiro atoms. The first-order valence-corrected chi connectivity index (χ1v) is 9.23. The van der Waals surface area contributed by atoms with Gasteiger partial charge in [-0.25, -0.2) is 5.84 Å². The lowest BCUT2D eigenvalue weighted by molar-refractivity contribution is -0.536. The van der Waals surface area contributed by atoms with E-state index in [4.69, 9.17) is 14.9 Å². The molecule has 3 rings (SSSR count). The van der Waals surface area contributed by atoms with Crippen LogP contribution in [0.3, 0.4) is 0 Å². The molecule has 7 nitrogen and oxygen atoms in total. The van der Waals surface area contributed by atoms with Gasteiger partial charge in [0.15, 0.2) is 12.4 Å². The summed E-state index contributed by atoms with van der Waals surface area (Å²) >= 11 is 0. The highest BCUT2D eigenvalue weighted by Crippen LogP contribution is 2.43. The van der Waals surface area contributed by atoms with E-state index in [1.165, 1.54) is 28.9 Å². The molecule has 1 aromatic heterocycles. The number of hydrogen-bond acceptors (Lipinski definition) is 5. The Morgan fingerprint density at radius 3 is 1.70 bits per heavy atom. The van der Waals surface area contributed by atoms with Crippen LogP contribution in [0.2, 0.25) is 0 Å². The number of nitrogens with one attached hydrogen (secondary N) is 1. The van der Waals surface area contributed by atoms with Crippen molar-refractivity contribution in [2.24, 2.45) is 5.84 Å². The maximum Gasteiger partial charge on any atom is 0.728 e. The molecule has 0 aliphatic rings. The first-order valence-electron chi connectivity index (χ1n) is 7.73. The van der Waals surface area contributed by atoms with Crippen LogP contribution in [0, 0.1) is 0 Å². The van der Waals surface area contributed by atoms with Gasteiger partial charge in [0.05, 0.1) is 5.56 Å². The number of benzene rings is 2. The van der Waals surface area contributed by atoms with Gasteiger partial charge in [0.2, 0.25) is 0 Å². The summed E-state index contributed by atoms with van der Waals surface area (Å²) < 4.78 is 26.2. The number of carbonyl (C=O) groups excluding carboxylic acids is 1. The summed E-state index contributed by atoms with van der Waals surface area (Å²) in [6.07, 6.45) is 2.88. The highest BCUT2D eigenvalue weighted by Gasteiger charge is 2.42. The van der Waals surface area contributed by atoms with Crippen LogP contribution in [0.4, 0.5) is 0 Å². The largest absolute Gasteiger partial charge is 1.00 e. The molecule has 140 valence electrons. The van der Waals surface area contributed by atoms with Gasteiger partial charge in [-0.3, -0.25) is 10.2 Å². The first kappa shape index (κ1) is 20.5. The number of halogens is 1. The van der Waals surface area contributed by atoms with E-state index in [2.05, 4.69) is 0 Å². The molecule has 0 fully saturated rings. The number of nitrogen functional groups attached to an aromatic ring is 1. The Labute approximate surface area is 162 Å². The Balaban J connectivity index is 0.00000261. The molecule has 9 heteroatoms. The summed E-state index contributed by atoms with van der Waals surface area (Å²) in [4.78, 5) is 11.6. The molecule has 0 aliphatic carbocycles. The van der Waals surface area contributed by atoms with E-state index >= 15 is 0 Å². The maximum absolute atomic E-state index is 13.5. The molecule has 2 aromatic carbocycles. The van der Waals surface area contributed by atoms with Crippen LogP contribution in [-0.2, 0) is 4.57 Å². The number of carbonyl (C=O) groups is 1. The molecule has 3 aromatic rings. The second-order valence-corrected chi connectivity index (χ2v) is 6.98. The van der Waals surface area contributed by atoms with Crippen LogP contribution in [0.15, 0.2) is 85.2 Å². The molecule has 27 heavy (non-hydrogen) atoms. The fraction of sp³-hybridized carbons (Fsp3) is 0. The van der Waals surface area contributed by atoms with Crippen LogP contribution >= 0.6 is 7.75 Å². The van der Waals surface area contributed by atoms with Crippen molar-refractivity contribution in [1.29, 1.82) is 0 Å². The van der Waals surface area contributed by atoms with Gasteiger partial charge in [-0.1, -0.05) is 40.7 Å². The Morgan fingerprint density at radius 1 is 0.852 bits per heavy atom. The molecule has 1 heterocycles. The normalized spacial score (nSPS) is 10.4. The quantitative estimate of drug-likeness (QED) is 0.254. The minimum absolute atomic E-state index is 0. The number of amides is 1. The van der Waals surface area contributed by atoms with Gasteiger partial charge in [-0.15, -0.1) is 0 Å². The van der Waals surface area contributed by atoms with Gasteiger partial charge in [-0.2, -0.15) is 4.57 Å². The summed E-state index contributed by atoms with van der Waals surface area (Å²) in [7, 11) is -3.82. The molecular weight excluding hydrogens is 389 g/mol. The van der Waals surface area contributed by atoms with Gasteiger partial charge in [-0.05, 0) is 24.3 Å². The van der Waals surface area contributed by atoms with Gasteiger partial charge < -0.3 is 21.5 Å². The molecule has 0 aliphatic heterocycles. The molecule has 0 saturated heterocycles. The van der Waals surface area contributed by atoms with Crippen molar-refractivity contribution >= 4 is 13.7 Å². The number of hydrazine groups is 1. The predicted molar refractivity (Wildman–Crippen MR) is 95.4 cm³/mol. The Kier molecular flexibility index (Phi) is 6.96. The maximum atomic E-state index is 13.5. The fourth-order valence-corrected chi connectivity index (χ4v) is 3.62. The van der Waals surface area contributed by atoms with E-state index in [0.717, 1.165) is 0 Å². The van der Waals surface area contributed by atoms with E-state index in [-0.39, 0.29) is 12.4 Å². The zero-order valence-corrected chi connectivity index (χ0v) is 15.7. The van der Waals surface area contributed by atoms with E-state index in [1.807, 2.05) is 17.6 Å². The number of pyridine rings is 1. The van der Waals surface area contributed by atoms with Crippen molar-refractivity contribution in [2.45, 2.75) is 0 Å². The average molecular weight is 406 g/mol. The summed E-state index contributed by atoms with van der Waals surface area (Å²) in [6, 6.07) is 20.4. The van der Waals surface area contributed by atoms with Gasteiger partial charge in [0, 0.05) is 12.1 Å². The van der Waals surface area contributed by atoms with Crippen LogP contribution in [0.25, 0.3) is 0 Å². The number of aromatic nitrogens is 1. The van der Waals surface area contributed by atoms with Gasteiger partial charge in [0.1, 0.15) is 11.5 Å². The Hall–Kier alpha value is -2.86. The minimum Gasteiger partial charge on any atom is -1.00 e. The molecule has 1 amide bonds. The molecule has 3 N–H and O–H groups in total. The van der Waals surface area contributed by atoms with Gasteiger partial charge in [0.25, 0.3) is 5.91 Å². The average Bonchev–Trinajstić information content (AvgIpc) is 2.69. The zero-order chi connectivity index (χ0) is 18.4. The van der Waals surface area contributed by atoms with E-state index in [1.54, 1.807) is 48.5 Å². The Morgan fingerprint density at radius 2 is 1.30 bits per heavy atom. The molecule has 0 unspecified atom stereocenters. The van der Waals surface area contributed by atoms with Crippen molar-refractivity contribution in [3.8, 4) is 11.5 Å². The van der Waals surface area contributed by atoms with Crippen molar-refractivity contribution in [3.63, 3.8) is 0 Å². The van der Waals surface area contributed by atoms with Crippen LogP contribution in [-0.4, -0.2) is 5.91 Å². The van der Waals surface area contributed by atoms with E-state index < -0.39 is 13.7 Å². The summed E-state index contributed by atoms with van der Waals surface area (Å²) in [6.45, 7) is 0. The summed E-state index contributed by atoms with van der Waals surface area (Å²) in [5.74, 6) is 5.45. The smallest absolute Gasteiger partial charge is 0.728 e. The first-order chi connectivity index (χ1) is 12.6. The fourth-order valence-electron chi connectivity index (χ4n) is 2.16. The van der Waals surface area contributed by atoms with Crippen molar-refractivity contribution in [3.05, 3.63) is 90.8 Å². The second-order valence-electron chi connectivity index (χ2n) is 5.22. The lowest BCUT2D eigenvalue weighted by Crippen LogP contribution is -3.00. The molecule has 0 radical (unpaired) electrons. The standard InChI is InChI=1S/C18H16N3O4P.ClH/c19-20-18(22)15-11-13-21(14-12-15)26(23,24-16-7-3-1-4-8-16)25-17-9-5-2-6-10-17;/h1-14,19,22H;1H. The highest BCUT2D eigenvalue weighted by molar-refractivity contribution is 7.47. The van der Waals surface area contributed by atoms with Crippen LogP contribution in [0.1, 0.15) is 10.4 Å². The van der Waals surface area contributed by atoms with Gasteiger partial charge >= 0.3 is 7.75 Å². The number of rotatable bonds is 6. The van der Waals surface area contributed by atoms with Crippen molar-refractivity contribution < 1.29 is 35.2 Å².